The molecule has 6 heteroatoms. The molecule has 27 heavy (non-hydrogen) atoms. The van der Waals surface area contributed by atoms with E-state index in [0.29, 0.717) is 34.0 Å². The summed E-state index contributed by atoms with van der Waals surface area (Å²) in [4.78, 5) is 27.7. The summed E-state index contributed by atoms with van der Waals surface area (Å²) in [6.07, 6.45) is 0.797. The highest BCUT2D eigenvalue weighted by atomic mass is 16.5. The number of nitrogens with one attached hydrogen (secondary N) is 1. The fourth-order valence-electron chi connectivity index (χ4n) is 3.45. The van der Waals surface area contributed by atoms with E-state index in [-0.39, 0.29) is 24.6 Å². The monoisotopic (exact) mass is 371 g/mol. The topological polar surface area (TPSA) is 77.6 Å². The Morgan fingerprint density at radius 3 is 2.70 bits per heavy atom. The summed E-state index contributed by atoms with van der Waals surface area (Å²) >= 11 is 0. The summed E-state index contributed by atoms with van der Waals surface area (Å²) in [6, 6.07) is 5.69. The van der Waals surface area contributed by atoms with Crippen molar-refractivity contribution in [2.24, 2.45) is 0 Å². The van der Waals surface area contributed by atoms with Crippen LogP contribution in [0.1, 0.15) is 58.4 Å². The first-order chi connectivity index (χ1) is 12.7. The first-order valence-corrected chi connectivity index (χ1v) is 9.06. The zero-order valence-electron chi connectivity index (χ0n) is 16.4. The summed E-state index contributed by atoms with van der Waals surface area (Å²) in [7, 11) is 0. The van der Waals surface area contributed by atoms with Crippen molar-refractivity contribution in [3.8, 4) is 11.5 Å². The molecule has 144 valence electrons. The number of hydrogen-bond donors (Lipinski definition) is 1. The van der Waals surface area contributed by atoms with Crippen LogP contribution < -0.4 is 9.47 Å². The smallest absolute Gasteiger partial charge is 0.340 e. The van der Waals surface area contributed by atoms with Crippen molar-refractivity contribution in [1.29, 1.82) is 0 Å². The molecule has 1 aromatic heterocycles. The van der Waals surface area contributed by atoms with Crippen LogP contribution in [-0.4, -0.2) is 35.6 Å². The Labute approximate surface area is 158 Å². The van der Waals surface area contributed by atoms with E-state index in [9.17, 15) is 9.59 Å². The standard InChI is InChI=1S/C21H25NO5/c1-6-25-20(24)17-12(2)18(22-13(17)3)15(23)11-26-16-9-7-8-14-10-21(4,5)27-19(14)16/h7-9,22H,6,10-11H2,1-5H3. The van der Waals surface area contributed by atoms with Gasteiger partial charge in [-0.25, -0.2) is 4.79 Å². The summed E-state index contributed by atoms with van der Waals surface area (Å²) in [5.41, 5.74) is 2.75. The molecule has 0 bridgehead atoms. The number of carbonyl (C=O) groups is 2. The van der Waals surface area contributed by atoms with Gasteiger partial charge in [-0.2, -0.15) is 0 Å². The van der Waals surface area contributed by atoms with Crippen molar-refractivity contribution in [2.45, 2.75) is 46.6 Å². The highest BCUT2D eigenvalue weighted by Crippen LogP contribution is 2.41. The van der Waals surface area contributed by atoms with Gasteiger partial charge in [0.2, 0.25) is 5.78 Å². The first kappa shape index (κ1) is 19.0. The maximum atomic E-state index is 12.7. The van der Waals surface area contributed by atoms with Crippen LogP contribution in [0.3, 0.4) is 0 Å². The van der Waals surface area contributed by atoms with Crippen molar-refractivity contribution in [2.75, 3.05) is 13.2 Å². The Morgan fingerprint density at radius 1 is 1.26 bits per heavy atom. The zero-order chi connectivity index (χ0) is 19.8. The van der Waals surface area contributed by atoms with Crippen LogP contribution >= 0.6 is 0 Å². The molecule has 3 rings (SSSR count). The van der Waals surface area contributed by atoms with Crippen LogP contribution in [0.4, 0.5) is 0 Å². The van der Waals surface area contributed by atoms with E-state index in [0.717, 1.165) is 12.0 Å². The van der Waals surface area contributed by atoms with Gasteiger partial charge in [0.25, 0.3) is 0 Å². The summed E-state index contributed by atoms with van der Waals surface area (Å²) < 4.78 is 16.8. The minimum atomic E-state index is -0.430. The largest absolute Gasteiger partial charge is 0.483 e. The van der Waals surface area contributed by atoms with Gasteiger partial charge in [-0.05, 0) is 46.2 Å². The molecule has 0 unspecified atom stereocenters. The number of ketones is 1. The molecule has 0 radical (unpaired) electrons. The van der Waals surface area contributed by atoms with E-state index in [4.69, 9.17) is 14.2 Å². The molecule has 1 N–H and O–H groups in total. The van der Waals surface area contributed by atoms with Gasteiger partial charge in [0.1, 0.15) is 5.60 Å². The molecule has 2 aromatic rings. The number of esters is 1. The first-order valence-electron chi connectivity index (χ1n) is 9.06. The summed E-state index contributed by atoms with van der Waals surface area (Å²) in [5, 5.41) is 0. The number of H-pyrrole nitrogens is 1. The summed E-state index contributed by atoms with van der Waals surface area (Å²) in [6.45, 7) is 9.39. The number of aryl methyl sites for hydroxylation is 1. The van der Waals surface area contributed by atoms with Crippen molar-refractivity contribution in [1.82, 2.24) is 4.98 Å². The maximum absolute atomic E-state index is 12.7. The number of aromatic nitrogens is 1. The van der Waals surface area contributed by atoms with Gasteiger partial charge in [0.15, 0.2) is 18.1 Å². The second kappa shape index (κ2) is 7.10. The van der Waals surface area contributed by atoms with Crippen LogP contribution in [0.25, 0.3) is 0 Å². The third-order valence-electron chi connectivity index (χ3n) is 4.61. The minimum Gasteiger partial charge on any atom is -0.483 e. The molecular weight excluding hydrogens is 346 g/mol. The van der Waals surface area contributed by atoms with Crippen LogP contribution in [0.15, 0.2) is 18.2 Å². The van der Waals surface area contributed by atoms with Crippen molar-refractivity contribution < 1.29 is 23.8 Å². The molecule has 1 aliphatic heterocycles. The number of aromatic amines is 1. The molecule has 2 heterocycles. The molecule has 0 amide bonds. The highest BCUT2D eigenvalue weighted by molar-refractivity contribution is 6.02. The molecule has 1 aromatic carbocycles. The lowest BCUT2D eigenvalue weighted by Gasteiger charge is -2.18. The second-order valence-electron chi connectivity index (χ2n) is 7.34. The molecule has 0 fully saturated rings. The maximum Gasteiger partial charge on any atom is 0.340 e. The predicted octanol–water partition coefficient (Wildman–Crippen LogP) is 3.78. The molecule has 0 aliphatic carbocycles. The van der Waals surface area contributed by atoms with Crippen molar-refractivity contribution in [3.63, 3.8) is 0 Å². The third-order valence-corrected chi connectivity index (χ3v) is 4.61. The van der Waals surface area contributed by atoms with Gasteiger partial charge in [0, 0.05) is 17.7 Å². The number of benzene rings is 1. The van der Waals surface area contributed by atoms with Crippen molar-refractivity contribution >= 4 is 11.8 Å². The Bertz CT molecular complexity index is 894. The van der Waals surface area contributed by atoms with Crippen LogP contribution in [0, 0.1) is 13.8 Å². The Kier molecular flexibility index (Phi) is 5.00. The van der Waals surface area contributed by atoms with Gasteiger partial charge in [-0.3, -0.25) is 4.79 Å². The minimum absolute atomic E-state index is 0.150. The molecule has 0 saturated heterocycles. The summed E-state index contributed by atoms with van der Waals surface area (Å²) in [5.74, 6) is 0.584. The van der Waals surface area contributed by atoms with E-state index in [2.05, 4.69) is 4.98 Å². The lowest BCUT2D eigenvalue weighted by molar-refractivity contribution is 0.0525. The fourth-order valence-corrected chi connectivity index (χ4v) is 3.45. The van der Waals surface area contributed by atoms with E-state index in [1.807, 2.05) is 26.0 Å². The van der Waals surface area contributed by atoms with E-state index in [1.165, 1.54) is 0 Å². The SMILES string of the molecule is CCOC(=O)c1c(C)[nH]c(C(=O)COc2cccc3c2OC(C)(C)C3)c1C. The number of Topliss-reactive ketones (excluding diaryl/α,β-unsaturated/α-hetero) is 1. The number of para-hydroxylation sites is 1. The van der Waals surface area contributed by atoms with E-state index < -0.39 is 5.97 Å². The van der Waals surface area contributed by atoms with Gasteiger partial charge >= 0.3 is 5.97 Å². The lowest BCUT2D eigenvalue weighted by atomic mass is 10.0. The number of rotatable bonds is 6. The molecule has 0 saturated carbocycles. The second-order valence-corrected chi connectivity index (χ2v) is 7.34. The molecule has 1 aliphatic rings. The van der Waals surface area contributed by atoms with Crippen molar-refractivity contribution in [3.05, 3.63) is 46.3 Å². The molecule has 0 spiro atoms. The normalized spacial score (nSPS) is 14.4. The van der Waals surface area contributed by atoms with Gasteiger partial charge in [-0.15, -0.1) is 0 Å². The zero-order valence-corrected chi connectivity index (χ0v) is 16.4. The van der Waals surface area contributed by atoms with Gasteiger partial charge in [-0.1, -0.05) is 12.1 Å². The molecule has 0 atom stereocenters. The molecule has 6 nitrogen and oxygen atoms in total. The average molecular weight is 371 g/mol. The van der Waals surface area contributed by atoms with Crippen LogP contribution in [0.5, 0.6) is 11.5 Å². The Morgan fingerprint density at radius 2 is 2.00 bits per heavy atom. The van der Waals surface area contributed by atoms with Crippen LogP contribution in [0.2, 0.25) is 0 Å². The Hall–Kier alpha value is -2.76. The quantitative estimate of drug-likeness (QED) is 0.618. The fraction of sp³-hybridized carbons (Fsp3) is 0.429. The Balaban J connectivity index is 1.76. The average Bonchev–Trinajstić information content (AvgIpc) is 3.07. The number of hydrogen-bond acceptors (Lipinski definition) is 5. The third kappa shape index (κ3) is 3.70. The number of carbonyl (C=O) groups excluding carboxylic acids is 2. The van der Waals surface area contributed by atoms with Crippen LogP contribution in [-0.2, 0) is 11.2 Å². The number of ether oxygens (including phenoxy) is 3. The lowest BCUT2D eigenvalue weighted by Crippen LogP contribution is -2.24. The van der Waals surface area contributed by atoms with E-state index >= 15 is 0 Å². The van der Waals surface area contributed by atoms with Gasteiger partial charge in [0.05, 0.1) is 17.9 Å². The highest BCUT2D eigenvalue weighted by Gasteiger charge is 2.32. The van der Waals surface area contributed by atoms with Gasteiger partial charge < -0.3 is 19.2 Å². The predicted molar refractivity (Wildman–Crippen MR) is 101 cm³/mol. The molecular formula is C21H25NO5. The van der Waals surface area contributed by atoms with E-state index in [1.54, 1.807) is 26.8 Å². The number of fused-ring (bicyclic) bond motifs is 1.